The van der Waals surface area contributed by atoms with Crippen LogP contribution in [-0.4, -0.2) is 60.1 Å². The molecule has 8 heteroatoms. The fraction of sp³-hybridized carbons (Fsp3) is 0.750. The highest BCUT2D eigenvalue weighted by Crippen LogP contribution is 2.16. The van der Waals surface area contributed by atoms with E-state index in [1.54, 1.807) is 0 Å². The third-order valence-corrected chi connectivity index (χ3v) is 3.57. The van der Waals surface area contributed by atoms with E-state index < -0.39 is 0 Å². The van der Waals surface area contributed by atoms with E-state index in [9.17, 15) is 0 Å². The van der Waals surface area contributed by atoms with Crippen LogP contribution in [0.1, 0.15) is 19.3 Å². The van der Waals surface area contributed by atoms with E-state index in [0.717, 1.165) is 13.1 Å². The van der Waals surface area contributed by atoms with E-state index in [1.165, 1.54) is 19.3 Å². The van der Waals surface area contributed by atoms with Crippen molar-refractivity contribution in [2.75, 3.05) is 49.9 Å². The molecule has 112 valence electrons. The molecule has 0 aromatic carbocycles. The van der Waals surface area contributed by atoms with Crippen molar-refractivity contribution in [3.63, 3.8) is 0 Å². The minimum atomic E-state index is 0.364. The Morgan fingerprint density at radius 2 is 2.00 bits per heavy atom. The van der Waals surface area contributed by atoms with Crippen molar-refractivity contribution >= 4 is 17.8 Å². The molecule has 1 aliphatic rings. The second-order valence-electron chi connectivity index (χ2n) is 5.33. The molecule has 8 nitrogen and oxygen atoms in total. The molecule has 2 heterocycles. The summed E-state index contributed by atoms with van der Waals surface area (Å²) in [7, 11) is 5.93. The zero-order valence-electron chi connectivity index (χ0n) is 12.4. The Bertz CT molecular complexity index is 435. The molecule has 4 N–H and O–H groups in total. The van der Waals surface area contributed by atoms with Crippen molar-refractivity contribution in [3.8, 4) is 0 Å². The summed E-state index contributed by atoms with van der Waals surface area (Å²) in [5, 5.41) is 3.29. The van der Waals surface area contributed by atoms with Crippen LogP contribution in [0.3, 0.4) is 0 Å². The van der Waals surface area contributed by atoms with Crippen molar-refractivity contribution in [1.82, 2.24) is 19.9 Å². The maximum atomic E-state index is 5.39. The van der Waals surface area contributed by atoms with Gasteiger partial charge in [0.15, 0.2) is 0 Å². The number of rotatable bonds is 5. The largest absolute Gasteiger partial charge is 0.352 e. The Kier molecular flexibility index (Phi) is 4.91. The third kappa shape index (κ3) is 3.67. The summed E-state index contributed by atoms with van der Waals surface area (Å²) < 4.78 is 0. The summed E-state index contributed by atoms with van der Waals surface area (Å²) in [5.74, 6) is 6.88. The van der Waals surface area contributed by atoms with Gasteiger partial charge in [0.05, 0.1) is 0 Å². The smallest absolute Gasteiger partial charge is 0.243 e. The van der Waals surface area contributed by atoms with Gasteiger partial charge in [-0.2, -0.15) is 15.0 Å². The van der Waals surface area contributed by atoms with Gasteiger partial charge in [0, 0.05) is 26.7 Å². The van der Waals surface area contributed by atoms with Crippen molar-refractivity contribution in [2.24, 2.45) is 5.84 Å². The standard InChI is InChI=1S/C12H24N8/c1-19(2)12-16-10(15-11(17-12)18-13)14-8-9-6-4-5-7-20(9)3/h9H,4-8,13H2,1-3H3,(H2,14,15,16,17,18). The molecule has 0 amide bonds. The summed E-state index contributed by atoms with van der Waals surface area (Å²) in [6.07, 6.45) is 3.77. The van der Waals surface area contributed by atoms with Gasteiger partial charge in [-0.05, 0) is 26.4 Å². The molecule has 0 saturated carbocycles. The topological polar surface area (TPSA) is 95.2 Å². The fourth-order valence-corrected chi connectivity index (χ4v) is 2.32. The number of hydrogen-bond donors (Lipinski definition) is 3. The number of piperidine rings is 1. The van der Waals surface area contributed by atoms with E-state index in [2.05, 4.69) is 37.6 Å². The van der Waals surface area contributed by atoms with Gasteiger partial charge < -0.3 is 15.1 Å². The number of hydrogen-bond acceptors (Lipinski definition) is 8. The number of nitrogens with two attached hydrogens (primary N) is 1. The van der Waals surface area contributed by atoms with Gasteiger partial charge in [0.2, 0.25) is 17.8 Å². The van der Waals surface area contributed by atoms with Gasteiger partial charge in [-0.25, -0.2) is 5.84 Å². The van der Waals surface area contributed by atoms with Crippen LogP contribution in [0.4, 0.5) is 17.8 Å². The van der Waals surface area contributed by atoms with E-state index in [4.69, 9.17) is 5.84 Å². The molecule has 1 aliphatic heterocycles. The minimum Gasteiger partial charge on any atom is -0.352 e. The molecule has 0 spiro atoms. The van der Waals surface area contributed by atoms with E-state index >= 15 is 0 Å². The van der Waals surface area contributed by atoms with Crippen LogP contribution in [0, 0.1) is 0 Å². The van der Waals surface area contributed by atoms with E-state index in [0.29, 0.717) is 23.9 Å². The molecule has 0 bridgehead atoms. The molecule has 1 fully saturated rings. The highest BCUT2D eigenvalue weighted by atomic mass is 15.4. The van der Waals surface area contributed by atoms with Crippen molar-refractivity contribution < 1.29 is 0 Å². The summed E-state index contributed by atoms with van der Waals surface area (Å²) in [6.45, 7) is 1.99. The number of nitrogen functional groups attached to an aromatic ring is 1. The molecule has 1 saturated heterocycles. The third-order valence-electron chi connectivity index (χ3n) is 3.57. The molecule has 0 radical (unpaired) electrons. The van der Waals surface area contributed by atoms with Gasteiger partial charge in [-0.1, -0.05) is 6.42 Å². The Balaban J connectivity index is 2.02. The highest BCUT2D eigenvalue weighted by molar-refractivity contribution is 5.42. The number of anilines is 3. The molecular weight excluding hydrogens is 256 g/mol. The van der Waals surface area contributed by atoms with Gasteiger partial charge >= 0.3 is 0 Å². The van der Waals surface area contributed by atoms with E-state index in [-0.39, 0.29) is 0 Å². The highest BCUT2D eigenvalue weighted by Gasteiger charge is 2.19. The van der Waals surface area contributed by atoms with Crippen LogP contribution in [-0.2, 0) is 0 Å². The van der Waals surface area contributed by atoms with Crippen LogP contribution < -0.4 is 21.5 Å². The number of nitrogens with one attached hydrogen (secondary N) is 2. The first kappa shape index (κ1) is 14.7. The monoisotopic (exact) mass is 280 g/mol. The Morgan fingerprint density at radius 3 is 2.65 bits per heavy atom. The summed E-state index contributed by atoms with van der Waals surface area (Å²) in [4.78, 5) is 17.0. The zero-order chi connectivity index (χ0) is 14.5. The van der Waals surface area contributed by atoms with Crippen LogP contribution >= 0.6 is 0 Å². The summed E-state index contributed by atoms with van der Waals surface area (Å²) >= 11 is 0. The number of aromatic nitrogens is 3. The predicted molar refractivity (Wildman–Crippen MR) is 80.7 cm³/mol. The molecule has 1 atom stereocenters. The Morgan fingerprint density at radius 1 is 1.25 bits per heavy atom. The second-order valence-corrected chi connectivity index (χ2v) is 5.33. The molecule has 0 aliphatic carbocycles. The SMILES string of the molecule is CN(C)c1nc(NN)nc(NCC2CCCCN2C)n1. The lowest BCUT2D eigenvalue weighted by Crippen LogP contribution is -2.41. The van der Waals surface area contributed by atoms with Gasteiger partial charge in [0.25, 0.3) is 0 Å². The maximum Gasteiger partial charge on any atom is 0.243 e. The minimum absolute atomic E-state index is 0.364. The second kappa shape index (κ2) is 6.67. The summed E-state index contributed by atoms with van der Waals surface area (Å²) in [6, 6.07) is 0.526. The van der Waals surface area contributed by atoms with Gasteiger partial charge in [-0.3, -0.25) is 5.43 Å². The maximum absolute atomic E-state index is 5.39. The predicted octanol–water partition coefficient (Wildman–Crippen LogP) is 0.119. The van der Waals surface area contributed by atoms with Crippen molar-refractivity contribution in [3.05, 3.63) is 0 Å². The summed E-state index contributed by atoms with van der Waals surface area (Å²) in [5.41, 5.74) is 2.47. The molecular formula is C12H24N8. The Hall–Kier alpha value is -1.67. The van der Waals surface area contributed by atoms with Crippen LogP contribution in [0.5, 0.6) is 0 Å². The average molecular weight is 280 g/mol. The lowest BCUT2D eigenvalue weighted by atomic mass is 10.0. The number of nitrogens with zero attached hydrogens (tertiary/aromatic N) is 5. The Labute approximate surface area is 119 Å². The zero-order valence-corrected chi connectivity index (χ0v) is 12.4. The van der Waals surface area contributed by atoms with E-state index in [1.807, 2.05) is 19.0 Å². The van der Waals surface area contributed by atoms with Crippen LogP contribution in [0.2, 0.25) is 0 Å². The molecule has 1 aromatic rings. The molecule has 2 rings (SSSR count). The first-order valence-electron chi connectivity index (χ1n) is 6.94. The average Bonchev–Trinajstić information content (AvgIpc) is 2.46. The number of hydrazine groups is 1. The van der Waals surface area contributed by atoms with Gasteiger partial charge in [0.1, 0.15) is 0 Å². The van der Waals surface area contributed by atoms with Gasteiger partial charge in [-0.15, -0.1) is 0 Å². The fourth-order valence-electron chi connectivity index (χ4n) is 2.32. The lowest BCUT2D eigenvalue weighted by molar-refractivity contribution is 0.194. The molecule has 20 heavy (non-hydrogen) atoms. The lowest BCUT2D eigenvalue weighted by Gasteiger charge is -2.32. The van der Waals surface area contributed by atoms with Crippen molar-refractivity contribution in [1.29, 1.82) is 0 Å². The number of likely N-dealkylation sites (tertiary alicyclic amines) is 1. The van der Waals surface area contributed by atoms with Crippen LogP contribution in [0.15, 0.2) is 0 Å². The quantitative estimate of drug-likeness (QED) is 0.517. The van der Waals surface area contributed by atoms with Crippen molar-refractivity contribution in [2.45, 2.75) is 25.3 Å². The molecule has 1 unspecified atom stereocenters. The molecule has 1 aromatic heterocycles. The van der Waals surface area contributed by atoms with Crippen LogP contribution in [0.25, 0.3) is 0 Å². The first-order chi connectivity index (χ1) is 9.60. The normalized spacial score (nSPS) is 19.7. The first-order valence-corrected chi connectivity index (χ1v) is 6.94. The number of likely N-dealkylation sites (N-methyl/N-ethyl adjacent to an activating group) is 1.